The van der Waals surface area contributed by atoms with Crippen molar-refractivity contribution in [3.8, 4) is 0 Å². The largest absolute Gasteiger partial charge is 0.355 e. The van der Waals surface area contributed by atoms with E-state index < -0.39 is 0 Å². The summed E-state index contributed by atoms with van der Waals surface area (Å²) in [5.41, 5.74) is 0.488. The summed E-state index contributed by atoms with van der Waals surface area (Å²) < 4.78 is 0. The van der Waals surface area contributed by atoms with Crippen LogP contribution in [0.2, 0.25) is 0 Å². The maximum atomic E-state index is 11.8. The summed E-state index contributed by atoms with van der Waals surface area (Å²) in [5, 5.41) is 13.5. The average molecular weight is 474 g/mol. The van der Waals surface area contributed by atoms with E-state index >= 15 is 0 Å². The molecule has 0 aliphatic carbocycles. The van der Waals surface area contributed by atoms with Crippen molar-refractivity contribution in [3.63, 3.8) is 0 Å². The molecule has 0 aromatic rings. The van der Waals surface area contributed by atoms with E-state index in [1.165, 1.54) is 0 Å². The second-order valence-electron chi connectivity index (χ2n) is 12.2. The Morgan fingerprint density at radius 3 is 2.06 bits per heavy atom. The lowest BCUT2D eigenvalue weighted by atomic mass is 9.78. The Labute approximate surface area is 205 Å². The van der Waals surface area contributed by atoms with E-state index in [1.54, 1.807) is 0 Å². The van der Waals surface area contributed by atoms with Crippen LogP contribution in [0.1, 0.15) is 81.6 Å². The van der Waals surface area contributed by atoms with E-state index in [1.807, 2.05) is 7.05 Å². The van der Waals surface area contributed by atoms with Gasteiger partial charge in [-0.05, 0) is 73.8 Å². The maximum Gasteiger partial charge on any atom is 0.221 e. The van der Waals surface area contributed by atoms with Crippen LogP contribution in [0.15, 0.2) is 0 Å². The highest BCUT2D eigenvalue weighted by molar-refractivity contribution is 7.80. The van der Waals surface area contributed by atoms with Crippen LogP contribution in [0.3, 0.4) is 0 Å². The number of hydrogen-bond acceptors (Lipinski definition) is 6. The third-order valence-electron chi connectivity index (χ3n) is 6.07. The lowest BCUT2D eigenvalue weighted by Gasteiger charge is -2.45. The van der Waals surface area contributed by atoms with Gasteiger partial charge in [-0.1, -0.05) is 13.8 Å². The molecule has 6 nitrogen and oxygen atoms in total. The number of carbonyl (C=O) groups excluding carboxylic acids is 1. The highest BCUT2D eigenvalue weighted by Gasteiger charge is 2.34. The van der Waals surface area contributed by atoms with Gasteiger partial charge in [-0.2, -0.15) is 12.6 Å². The van der Waals surface area contributed by atoms with Crippen LogP contribution in [0.5, 0.6) is 0 Å². The van der Waals surface area contributed by atoms with Crippen LogP contribution < -0.4 is 21.3 Å². The van der Waals surface area contributed by atoms with E-state index in [0.717, 1.165) is 39.0 Å². The van der Waals surface area contributed by atoms with Gasteiger partial charge in [0.2, 0.25) is 5.91 Å². The van der Waals surface area contributed by atoms with E-state index in [0.29, 0.717) is 25.3 Å². The first kappa shape index (κ1) is 31.7. The Bertz CT molecular complexity index is 529. The zero-order chi connectivity index (χ0) is 25.1. The summed E-state index contributed by atoms with van der Waals surface area (Å²) in [6.07, 6.45) is 2.70. The van der Waals surface area contributed by atoms with Crippen molar-refractivity contribution in [2.24, 2.45) is 5.41 Å². The predicted molar refractivity (Wildman–Crippen MR) is 144 cm³/mol. The fourth-order valence-corrected chi connectivity index (χ4v) is 4.04. The minimum absolute atomic E-state index is 0.0680. The van der Waals surface area contributed by atoms with Crippen molar-refractivity contribution in [1.29, 1.82) is 0 Å². The zero-order valence-electron chi connectivity index (χ0n) is 22.9. The van der Waals surface area contributed by atoms with Gasteiger partial charge < -0.3 is 21.3 Å². The molecule has 0 heterocycles. The molecular formula is C25H55N5OS. The first-order valence-corrected chi connectivity index (χ1v) is 12.9. The molecule has 0 aliphatic rings. The molecule has 0 bridgehead atoms. The van der Waals surface area contributed by atoms with Gasteiger partial charge in [-0.25, -0.2) is 0 Å². The highest BCUT2D eigenvalue weighted by atomic mass is 32.1. The number of carbonyl (C=O) groups is 1. The Kier molecular flexibility index (Phi) is 14.0. The maximum absolute atomic E-state index is 11.8. The SMILES string of the molecule is CNC(C)(C)CCN(CCNCCC(=O)NCCS)C(C)(C)CC(C)(C)CNC(C)(C)C. The Morgan fingerprint density at radius 2 is 1.53 bits per heavy atom. The summed E-state index contributed by atoms with van der Waals surface area (Å²) in [7, 11) is 2.04. The standard InChI is InChI=1S/C25H55N5OS/c1-22(2,3)29-20-23(4,5)19-25(8,9)30(16-12-24(6,7)26-10)17-14-27-13-11-21(31)28-15-18-32/h26-27,29,32H,11-20H2,1-10H3,(H,28,31). The van der Waals surface area contributed by atoms with Crippen molar-refractivity contribution in [2.75, 3.05) is 52.1 Å². The van der Waals surface area contributed by atoms with Gasteiger partial charge in [0.15, 0.2) is 0 Å². The molecule has 7 heteroatoms. The average Bonchev–Trinajstić information content (AvgIpc) is 2.65. The first-order valence-electron chi connectivity index (χ1n) is 12.3. The molecule has 0 rings (SSSR count). The highest BCUT2D eigenvalue weighted by Crippen LogP contribution is 2.32. The molecule has 0 saturated carbocycles. The van der Waals surface area contributed by atoms with Crippen molar-refractivity contribution in [3.05, 3.63) is 0 Å². The van der Waals surface area contributed by atoms with Crippen molar-refractivity contribution in [2.45, 2.75) is 98.2 Å². The van der Waals surface area contributed by atoms with E-state index in [2.05, 4.69) is 101 Å². The third-order valence-corrected chi connectivity index (χ3v) is 6.29. The minimum Gasteiger partial charge on any atom is -0.355 e. The summed E-state index contributed by atoms with van der Waals surface area (Å²) >= 11 is 4.13. The molecule has 0 saturated heterocycles. The van der Waals surface area contributed by atoms with Crippen LogP contribution in [0.4, 0.5) is 0 Å². The van der Waals surface area contributed by atoms with Crippen molar-refractivity contribution >= 4 is 18.5 Å². The predicted octanol–water partition coefficient (Wildman–Crippen LogP) is 3.29. The summed E-state index contributed by atoms with van der Waals surface area (Å²) in [5.74, 6) is 0.765. The molecule has 32 heavy (non-hydrogen) atoms. The van der Waals surface area contributed by atoms with Gasteiger partial charge in [-0.3, -0.25) is 9.69 Å². The fraction of sp³-hybridized carbons (Fsp3) is 0.960. The minimum atomic E-state index is 0.0680. The van der Waals surface area contributed by atoms with Gasteiger partial charge in [-0.15, -0.1) is 0 Å². The number of thiol groups is 1. The van der Waals surface area contributed by atoms with Gasteiger partial charge in [0.1, 0.15) is 0 Å². The molecule has 0 aromatic heterocycles. The van der Waals surface area contributed by atoms with Crippen LogP contribution in [-0.4, -0.2) is 79.5 Å². The molecular weight excluding hydrogens is 418 g/mol. The number of amides is 1. The molecule has 0 unspecified atom stereocenters. The number of nitrogens with zero attached hydrogens (tertiary/aromatic N) is 1. The van der Waals surface area contributed by atoms with Gasteiger partial charge in [0, 0.05) is 68.1 Å². The van der Waals surface area contributed by atoms with Crippen LogP contribution in [0, 0.1) is 5.41 Å². The molecule has 1 amide bonds. The third kappa shape index (κ3) is 15.5. The molecule has 0 atom stereocenters. The molecule has 0 radical (unpaired) electrons. The molecule has 0 aromatic carbocycles. The summed E-state index contributed by atoms with van der Waals surface area (Å²) in [4.78, 5) is 14.4. The fourth-order valence-electron chi connectivity index (χ4n) is 3.93. The number of hydrogen-bond donors (Lipinski definition) is 5. The molecule has 4 N–H and O–H groups in total. The zero-order valence-corrected chi connectivity index (χ0v) is 23.8. The second kappa shape index (κ2) is 14.1. The van der Waals surface area contributed by atoms with Gasteiger partial charge >= 0.3 is 0 Å². The first-order chi connectivity index (χ1) is 14.5. The normalized spacial score (nSPS) is 13.6. The number of rotatable bonds is 17. The van der Waals surface area contributed by atoms with Crippen LogP contribution in [-0.2, 0) is 4.79 Å². The van der Waals surface area contributed by atoms with Crippen LogP contribution in [0.25, 0.3) is 0 Å². The monoisotopic (exact) mass is 473 g/mol. The van der Waals surface area contributed by atoms with E-state index in [-0.39, 0.29) is 27.9 Å². The van der Waals surface area contributed by atoms with E-state index in [9.17, 15) is 4.79 Å². The smallest absolute Gasteiger partial charge is 0.221 e. The quantitative estimate of drug-likeness (QED) is 0.166. The number of nitrogens with one attached hydrogen (secondary N) is 4. The van der Waals surface area contributed by atoms with Gasteiger partial charge in [0.05, 0.1) is 0 Å². The Balaban J connectivity index is 4.95. The lowest BCUT2D eigenvalue weighted by Crippen LogP contribution is -2.53. The van der Waals surface area contributed by atoms with Crippen molar-refractivity contribution < 1.29 is 4.79 Å². The molecule has 192 valence electrons. The topological polar surface area (TPSA) is 68.4 Å². The van der Waals surface area contributed by atoms with Crippen molar-refractivity contribution in [1.82, 2.24) is 26.2 Å². The molecule has 0 fully saturated rings. The van der Waals surface area contributed by atoms with E-state index in [4.69, 9.17) is 0 Å². The van der Waals surface area contributed by atoms with Crippen LogP contribution >= 0.6 is 12.6 Å². The van der Waals surface area contributed by atoms with Gasteiger partial charge in [0.25, 0.3) is 0 Å². The molecule has 0 aliphatic heterocycles. The Morgan fingerprint density at radius 1 is 0.906 bits per heavy atom. The Hall–Kier alpha value is -0.340. The summed E-state index contributed by atoms with van der Waals surface area (Å²) in [6.45, 7) is 25.9. The summed E-state index contributed by atoms with van der Waals surface area (Å²) in [6, 6.07) is 0. The molecule has 0 spiro atoms. The lowest BCUT2D eigenvalue weighted by molar-refractivity contribution is -0.120. The second-order valence-corrected chi connectivity index (χ2v) is 12.6.